The van der Waals surface area contributed by atoms with Crippen LogP contribution in [0.2, 0.25) is 0 Å². The van der Waals surface area contributed by atoms with Crippen molar-refractivity contribution in [3.8, 4) is 5.82 Å². The van der Waals surface area contributed by atoms with E-state index in [-0.39, 0.29) is 35.1 Å². The molecule has 0 atom stereocenters. The maximum atomic E-state index is 12.9. The van der Waals surface area contributed by atoms with Gasteiger partial charge in [0.05, 0.1) is 24.0 Å². The van der Waals surface area contributed by atoms with E-state index in [0.717, 1.165) is 10.5 Å². The maximum absolute atomic E-state index is 12.9. The zero-order valence-corrected chi connectivity index (χ0v) is 19.2. The number of nitrogens with two attached hydrogens (primary N) is 2. The Morgan fingerprint density at radius 1 is 1.17 bits per heavy atom. The van der Waals surface area contributed by atoms with Gasteiger partial charge in [-0.25, -0.2) is 10.1 Å². The molecule has 0 radical (unpaired) electrons. The van der Waals surface area contributed by atoms with Crippen molar-refractivity contribution in [3.63, 3.8) is 0 Å². The van der Waals surface area contributed by atoms with Crippen LogP contribution in [-0.4, -0.2) is 49.6 Å². The summed E-state index contributed by atoms with van der Waals surface area (Å²) in [7, 11) is 0. The average Bonchev–Trinajstić information content (AvgIpc) is 3.48. The largest absolute Gasteiger partial charge is 0.379 e. The number of nitrogens with one attached hydrogen (secondary N) is 2. The molecule has 178 valence electrons. The topological polar surface area (TPSA) is 192 Å². The minimum absolute atomic E-state index is 0.00616. The molecule has 6 N–H and O–H groups in total. The van der Waals surface area contributed by atoms with Gasteiger partial charge < -0.3 is 16.8 Å². The van der Waals surface area contributed by atoms with Crippen molar-refractivity contribution in [2.24, 2.45) is 10.8 Å². The second-order valence-electron chi connectivity index (χ2n) is 7.01. The van der Waals surface area contributed by atoms with E-state index in [1.165, 1.54) is 10.9 Å². The molecule has 2 aromatic heterocycles. The Morgan fingerprint density at radius 2 is 1.94 bits per heavy atom. The average molecular weight is 493 g/mol. The number of para-hydroxylation sites is 1. The van der Waals surface area contributed by atoms with E-state index in [9.17, 15) is 9.59 Å². The highest BCUT2D eigenvalue weighted by molar-refractivity contribution is 7.98. The second-order valence-corrected chi connectivity index (χ2v) is 7.88. The summed E-state index contributed by atoms with van der Waals surface area (Å²) in [4.78, 5) is 25.7. The van der Waals surface area contributed by atoms with Gasteiger partial charge in [0.15, 0.2) is 5.69 Å². The molecule has 0 saturated heterocycles. The first kappa shape index (κ1) is 23.4. The molecule has 0 bridgehead atoms. The summed E-state index contributed by atoms with van der Waals surface area (Å²) in [6.07, 6.45) is 3.49. The number of amides is 2. The molecule has 0 aliphatic heterocycles. The summed E-state index contributed by atoms with van der Waals surface area (Å²) >= 11 is 1.62. The number of hydrogen-bond acceptors (Lipinski definition) is 11. The molecular formula is C21H20N10O3S. The highest BCUT2D eigenvalue weighted by Gasteiger charge is 2.24. The van der Waals surface area contributed by atoms with E-state index in [4.69, 9.17) is 11.5 Å². The molecule has 0 aliphatic rings. The number of thioether (sulfide) groups is 1. The van der Waals surface area contributed by atoms with Crippen molar-refractivity contribution in [1.82, 2.24) is 30.7 Å². The third-order valence-electron chi connectivity index (χ3n) is 4.81. The van der Waals surface area contributed by atoms with Crippen LogP contribution in [0.1, 0.15) is 32.1 Å². The molecule has 14 heteroatoms. The number of benzene rings is 2. The number of primary amides is 1. The van der Waals surface area contributed by atoms with Gasteiger partial charge in [0.1, 0.15) is 0 Å². The fraction of sp³-hybridized carbons (Fsp3) is 0.0952. The summed E-state index contributed by atoms with van der Waals surface area (Å²) in [6.45, 7) is 0.00616. The fourth-order valence-electron chi connectivity index (χ4n) is 3.08. The molecule has 4 aromatic rings. The monoisotopic (exact) mass is 492 g/mol. The minimum atomic E-state index is -0.622. The van der Waals surface area contributed by atoms with Crippen LogP contribution < -0.4 is 22.2 Å². The highest BCUT2D eigenvalue weighted by atomic mass is 32.2. The van der Waals surface area contributed by atoms with E-state index < -0.39 is 11.8 Å². The molecule has 0 saturated carbocycles. The molecule has 35 heavy (non-hydrogen) atoms. The predicted molar refractivity (Wildman–Crippen MR) is 129 cm³/mol. The van der Waals surface area contributed by atoms with Gasteiger partial charge in [-0.15, -0.1) is 16.9 Å². The normalized spacial score (nSPS) is 11.0. The molecule has 4 rings (SSSR count). The van der Waals surface area contributed by atoms with Crippen LogP contribution in [0.5, 0.6) is 0 Å². The number of aromatic nitrogens is 5. The van der Waals surface area contributed by atoms with Gasteiger partial charge in [0.2, 0.25) is 11.6 Å². The molecule has 13 nitrogen and oxygen atoms in total. The van der Waals surface area contributed by atoms with Crippen molar-refractivity contribution >= 4 is 41.3 Å². The molecule has 2 heterocycles. The van der Waals surface area contributed by atoms with Gasteiger partial charge in [0, 0.05) is 10.6 Å². The van der Waals surface area contributed by atoms with Gasteiger partial charge >= 0.3 is 0 Å². The second kappa shape index (κ2) is 10.5. The van der Waals surface area contributed by atoms with Crippen LogP contribution in [0, 0.1) is 0 Å². The highest BCUT2D eigenvalue weighted by Crippen LogP contribution is 2.20. The number of nitrogen functional groups attached to an aromatic ring is 1. The number of rotatable bonds is 9. The molecule has 2 aromatic carbocycles. The Bertz CT molecular complexity index is 1380. The Kier molecular flexibility index (Phi) is 7.02. The summed E-state index contributed by atoms with van der Waals surface area (Å²) in [5.74, 6) is -1.23. The number of carbonyl (C=O) groups is 2. The number of carbonyl (C=O) groups excluding carboxylic acids is 2. The van der Waals surface area contributed by atoms with E-state index in [0.29, 0.717) is 5.69 Å². The van der Waals surface area contributed by atoms with Crippen LogP contribution in [-0.2, 0) is 6.54 Å². The Morgan fingerprint density at radius 3 is 2.63 bits per heavy atom. The van der Waals surface area contributed by atoms with Gasteiger partial charge in [-0.2, -0.15) is 9.78 Å². The fourth-order valence-corrected chi connectivity index (χ4v) is 3.49. The minimum Gasteiger partial charge on any atom is -0.379 e. The van der Waals surface area contributed by atoms with Gasteiger partial charge in [-0.3, -0.25) is 9.59 Å². The van der Waals surface area contributed by atoms with Gasteiger partial charge in [-0.05, 0) is 46.4 Å². The quantitative estimate of drug-likeness (QED) is 0.151. The van der Waals surface area contributed by atoms with Crippen LogP contribution in [0.4, 0.5) is 11.5 Å². The first-order chi connectivity index (χ1) is 17.0. The standard InChI is InChI=1S/C21H20N10O3S/c1-35-13-8-6-12(7-9-13)10-25-27-21(33)17-16(31(30-26-17)20-18(22)28-34-29-20)11-24-15-5-3-2-4-14(15)19(23)32/h2-10,24H,11H2,1H3,(H2,22,28)(H2,23,32)(H,27,33)/b25-10+. The lowest BCUT2D eigenvalue weighted by molar-refractivity contribution is 0.0947. The molecule has 0 fully saturated rings. The van der Waals surface area contributed by atoms with Crippen molar-refractivity contribution in [3.05, 3.63) is 71.0 Å². The first-order valence-electron chi connectivity index (χ1n) is 10.1. The van der Waals surface area contributed by atoms with Crippen molar-refractivity contribution in [2.75, 3.05) is 17.3 Å². The summed E-state index contributed by atoms with van der Waals surface area (Å²) in [5, 5.41) is 22.3. The lowest BCUT2D eigenvalue weighted by Crippen LogP contribution is -2.22. The van der Waals surface area contributed by atoms with Crippen molar-refractivity contribution < 1.29 is 14.2 Å². The predicted octanol–water partition coefficient (Wildman–Crippen LogP) is 1.43. The van der Waals surface area contributed by atoms with Gasteiger partial charge in [0.25, 0.3) is 11.8 Å². The number of hydrogen-bond donors (Lipinski definition) is 4. The van der Waals surface area contributed by atoms with E-state index in [1.807, 2.05) is 30.5 Å². The number of anilines is 2. The maximum Gasteiger partial charge on any atom is 0.293 e. The van der Waals surface area contributed by atoms with Gasteiger partial charge in [-0.1, -0.05) is 29.5 Å². The zero-order chi connectivity index (χ0) is 24.8. The van der Waals surface area contributed by atoms with E-state index in [1.54, 1.807) is 36.0 Å². The molecular weight excluding hydrogens is 472 g/mol. The van der Waals surface area contributed by atoms with Crippen LogP contribution >= 0.6 is 11.8 Å². The Hall–Kier alpha value is -4.72. The molecule has 2 amide bonds. The van der Waals surface area contributed by atoms with E-state index in [2.05, 4.69) is 41.1 Å². The first-order valence-corrected chi connectivity index (χ1v) is 11.3. The lowest BCUT2D eigenvalue weighted by Gasteiger charge is -2.11. The third-order valence-corrected chi connectivity index (χ3v) is 5.55. The van der Waals surface area contributed by atoms with Crippen molar-refractivity contribution in [2.45, 2.75) is 11.4 Å². The molecule has 0 spiro atoms. The summed E-state index contributed by atoms with van der Waals surface area (Å²) in [5.41, 5.74) is 15.4. The smallest absolute Gasteiger partial charge is 0.293 e. The number of hydrazone groups is 1. The summed E-state index contributed by atoms with van der Waals surface area (Å²) < 4.78 is 5.86. The summed E-state index contributed by atoms with van der Waals surface area (Å²) in [6, 6.07) is 14.3. The number of nitrogens with zero attached hydrogens (tertiary/aromatic N) is 6. The third kappa shape index (κ3) is 5.27. The van der Waals surface area contributed by atoms with Crippen molar-refractivity contribution in [1.29, 1.82) is 0 Å². The SMILES string of the molecule is CSc1ccc(/C=N/NC(=O)c2nnn(-c3nonc3N)c2CNc2ccccc2C(N)=O)cc1. The zero-order valence-electron chi connectivity index (χ0n) is 18.4. The van der Waals surface area contributed by atoms with Crippen LogP contribution in [0.3, 0.4) is 0 Å². The molecule has 0 aliphatic carbocycles. The van der Waals surface area contributed by atoms with Crippen LogP contribution in [0.25, 0.3) is 5.82 Å². The van der Waals surface area contributed by atoms with Crippen LogP contribution in [0.15, 0.2) is 63.2 Å². The lowest BCUT2D eigenvalue weighted by atomic mass is 10.1. The Labute approximate surface area is 202 Å². The van der Waals surface area contributed by atoms with E-state index >= 15 is 0 Å². The molecule has 0 unspecified atom stereocenters. The Balaban J connectivity index is 1.58.